The van der Waals surface area contributed by atoms with Crippen LogP contribution in [0, 0.1) is 0 Å². The highest BCUT2D eigenvalue weighted by Crippen LogP contribution is 2.10. The van der Waals surface area contributed by atoms with Crippen LogP contribution in [0.4, 0.5) is 5.69 Å². The van der Waals surface area contributed by atoms with E-state index in [9.17, 15) is 9.59 Å². The van der Waals surface area contributed by atoms with Crippen molar-refractivity contribution in [2.75, 3.05) is 11.9 Å². The number of nitrogens with two attached hydrogens (primary N) is 1. The van der Waals surface area contributed by atoms with Gasteiger partial charge in [-0.1, -0.05) is 12.1 Å². The lowest BCUT2D eigenvalue weighted by molar-refractivity contribution is -0.121. The second-order valence-electron chi connectivity index (χ2n) is 3.70. The first-order chi connectivity index (χ1) is 8.11. The molecule has 1 aromatic rings. The average molecular weight is 272 g/mol. The fourth-order valence-electron chi connectivity index (χ4n) is 1.38. The van der Waals surface area contributed by atoms with Crippen LogP contribution in [0.1, 0.15) is 18.9 Å². The average Bonchev–Trinajstić information content (AvgIpc) is 2.26. The van der Waals surface area contributed by atoms with Crippen LogP contribution in [0.15, 0.2) is 24.3 Å². The van der Waals surface area contributed by atoms with Gasteiger partial charge in [0.1, 0.15) is 0 Å². The molecule has 0 radical (unpaired) electrons. The number of carbonyl (C=O) groups excluding carboxylic acids is 2. The number of benzene rings is 1. The van der Waals surface area contributed by atoms with Crippen LogP contribution in [0.25, 0.3) is 0 Å². The van der Waals surface area contributed by atoms with Crippen molar-refractivity contribution in [1.82, 2.24) is 5.32 Å². The highest BCUT2D eigenvalue weighted by Gasteiger charge is 2.01. The first-order valence-corrected chi connectivity index (χ1v) is 5.45. The van der Waals surface area contributed by atoms with Crippen molar-refractivity contribution < 1.29 is 9.59 Å². The van der Waals surface area contributed by atoms with E-state index in [0.717, 1.165) is 11.3 Å². The van der Waals surface area contributed by atoms with E-state index in [1.165, 1.54) is 6.92 Å². The smallest absolute Gasteiger partial charge is 0.221 e. The molecule has 4 N–H and O–H groups in total. The Balaban J connectivity index is 0.00000289. The number of rotatable bonds is 5. The molecule has 18 heavy (non-hydrogen) atoms. The summed E-state index contributed by atoms with van der Waals surface area (Å²) in [6.07, 6.45) is 0.325. The van der Waals surface area contributed by atoms with Gasteiger partial charge in [-0.3, -0.25) is 9.59 Å². The Morgan fingerprint density at radius 3 is 2.67 bits per heavy atom. The van der Waals surface area contributed by atoms with Gasteiger partial charge in [-0.25, -0.2) is 0 Å². The SMILES string of the molecule is CC(=O)Nc1cccc(CNC(=O)CCN)c1.Cl. The zero-order valence-corrected chi connectivity index (χ0v) is 11.0. The minimum absolute atomic E-state index is 0. The number of carbonyl (C=O) groups is 2. The summed E-state index contributed by atoms with van der Waals surface area (Å²) >= 11 is 0. The van der Waals surface area contributed by atoms with Gasteiger partial charge in [-0.2, -0.15) is 0 Å². The van der Waals surface area contributed by atoms with E-state index in [4.69, 9.17) is 5.73 Å². The summed E-state index contributed by atoms with van der Waals surface area (Å²) in [5.74, 6) is -0.188. The van der Waals surface area contributed by atoms with Gasteiger partial charge in [0.2, 0.25) is 11.8 Å². The normalized spacial score (nSPS) is 9.22. The third kappa shape index (κ3) is 6.22. The van der Waals surface area contributed by atoms with Crippen molar-refractivity contribution in [1.29, 1.82) is 0 Å². The third-order valence-corrected chi connectivity index (χ3v) is 2.11. The van der Waals surface area contributed by atoms with Crippen molar-refractivity contribution in [2.24, 2.45) is 5.73 Å². The van der Waals surface area contributed by atoms with E-state index >= 15 is 0 Å². The maximum atomic E-state index is 11.2. The second-order valence-corrected chi connectivity index (χ2v) is 3.70. The fourth-order valence-corrected chi connectivity index (χ4v) is 1.38. The Morgan fingerprint density at radius 1 is 1.33 bits per heavy atom. The summed E-state index contributed by atoms with van der Waals surface area (Å²) < 4.78 is 0. The van der Waals surface area contributed by atoms with Crippen molar-refractivity contribution >= 4 is 29.9 Å². The molecular formula is C12H18ClN3O2. The zero-order valence-electron chi connectivity index (χ0n) is 10.2. The van der Waals surface area contributed by atoms with Crippen LogP contribution in [-0.2, 0) is 16.1 Å². The van der Waals surface area contributed by atoms with Crippen LogP contribution in [0.5, 0.6) is 0 Å². The van der Waals surface area contributed by atoms with E-state index in [1.54, 1.807) is 6.07 Å². The standard InChI is InChI=1S/C12H17N3O2.ClH/c1-9(16)15-11-4-2-3-10(7-11)8-14-12(17)5-6-13;/h2-4,7H,5-6,8,13H2,1H3,(H,14,17)(H,15,16);1H. The Kier molecular flexibility index (Phi) is 7.74. The molecule has 0 spiro atoms. The lowest BCUT2D eigenvalue weighted by Gasteiger charge is -2.07. The first kappa shape index (κ1) is 16.4. The molecule has 6 heteroatoms. The maximum absolute atomic E-state index is 11.2. The van der Waals surface area contributed by atoms with Crippen molar-refractivity contribution in [3.05, 3.63) is 29.8 Å². The molecule has 0 saturated heterocycles. The van der Waals surface area contributed by atoms with Gasteiger partial charge in [0, 0.05) is 32.1 Å². The molecule has 0 aromatic heterocycles. The number of hydrogen-bond acceptors (Lipinski definition) is 3. The van der Waals surface area contributed by atoms with Gasteiger partial charge in [0.15, 0.2) is 0 Å². The topological polar surface area (TPSA) is 84.2 Å². The predicted octanol–water partition coefficient (Wildman–Crippen LogP) is 1.03. The van der Waals surface area contributed by atoms with Gasteiger partial charge in [0.25, 0.3) is 0 Å². The summed E-state index contributed by atoms with van der Waals surface area (Å²) in [5.41, 5.74) is 6.93. The molecule has 0 atom stereocenters. The monoisotopic (exact) mass is 271 g/mol. The summed E-state index contributed by atoms with van der Waals surface area (Å²) in [7, 11) is 0. The van der Waals surface area contributed by atoms with E-state index in [0.29, 0.717) is 19.5 Å². The molecule has 100 valence electrons. The molecule has 0 saturated carbocycles. The summed E-state index contributed by atoms with van der Waals surface area (Å²) in [4.78, 5) is 22.1. The molecule has 0 aliphatic heterocycles. The van der Waals surface area contributed by atoms with Crippen LogP contribution in [-0.4, -0.2) is 18.4 Å². The van der Waals surface area contributed by atoms with Crippen molar-refractivity contribution in [3.63, 3.8) is 0 Å². The third-order valence-electron chi connectivity index (χ3n) is 2.11. The number of nitrogens with one attached hydrogen (secondary N) is 2. The lowest BCUT2D eigenvalue weighted by atomic mass is 10.2. The minimum Gasteiger partial charge on any atom is -0.352 e. The van der Waals surface area contributed by atoms with Gasteiger partial charge in [-0.15, -0.1) is 12.4 Å². The largest absolute Gasteiger partial charge is 0.352 e. The second kappa shape index (κ2) is 8.49. The maximum Gasteiger partial charge on any atom is 0.221 e. The van der Waals surface area contributed by atoms with E-state index < -0.39 is 0 Å². The highest BCUT2D eigenvalue weighted by atomic mass is 35.5. The highest BCUT2D eigenvalue weighted by molar-refractivity contribution is 5.88. The summed E-state index contributed by atoms with van der Waals surface area (Å²) in [6.45, 7) is 2.24. The molecule has 0 bridgehead atoms. The molecule has 0 aliphatic rings. The molecule has 0 heterocycles. The van der Waals surface area contributed by atoms with Crippen molar-refractivity contribution in [2.45, 2.75) is 19.9 Å². The lowest BCUT2D eigenvalue weighted by Crippen LogP contribution is -2.25. The molecule has 0 fully saturated rings. The van der Waals surface area contributed by atoms with Gasteiger partial charge < -0.3 is 16.4 Å². The Hall–Kier alpha value is -1.59. The predicted molar refractivity (Wildman–Crippen MR) is 73.5 cm³/mol. The summed E-state index contributed by atoms with van der Waals surface area (Å²) in [5, 5.41) is 5.44. The zero-order chi connectivity index (χ0) is 12.7. The Morgan fingerprint density at radius 2 is 2.06 bits per heavy atom. The quantitative estimate of drug-likeness (QED) is 0.748. The van der Waals surface area contributed by atoms with E-state index in [1.807, 2.05) is 18.2 Å². The van der Waals surface area contributed by atoms with Gasteiger partial charge in [-0.05, 0) is 17.7 Å². The molecular weight excluding hydrogens is 254 g/mol. The summed E-state index contributed by atoms with van der Waals surface area (Å²) in [6, 6.07) is 7.33. The van der Waals surface area contributed by atoms with E-state index in [2.05, 4.69) is 10.6 Å². The molecule has 0 aliphatic carbocycles. The molecule has 5 nitrogen and oxygen atoms in total. The Labute approximate surface area is 113 Å². The van der Waals surface area contributed by atoms with Gasteiger partial charge >= 0.3 is 0 Å². The van der Waals surface area contributed by atoms with Gasteiger partial charge in [0.05, 0.1) is 0 Å². The van der Waals surface area contributed by atoms with Crippen LogP contribution >= 0.6 is 12.4 Å². The fraction of sp³-hybridized carbons (Fsp3) is 0.333. The molecule has 2 amide bonds. The number of hydrogen-bond donors (Lipinski definition) is 3. The van der Waals surface area contributed by atoms with E-state index in [-0.39, 0.29) is 24.2 Å². The number of anilines is 1. The number of halogens is 1. The Bertz CT molecular complexity index is 410. The molecule has 1 aromatic carbocycles. The van der Waals surface area contributed by atoms with Crippen LogP contribution in [0.3, 0.4) is 0 Å². The first-order valence-electron chi connectivity index (χ1n) is 5.45. The number of amides is 2. The minimum atomic E-state index is -0.116. The molecule has 1 rings (SSSR count). The van der Waals surface area contributed by atoms with Crippen LogP contribution in [0.2, 0.25) is 0 Å². The van der Waals surface area contributed by atoms with Crippen molar-refractivity contribution in [3.8, 4) is 0 Å². The molecule has 0 unspecified atom stereocenters. The van der Waals surface area contributed by atoms with Crippen LogP contribution < -0.4 is 16.4 Å².